The molecule has 13 heteroatoms. The molecule has 0 spiro atoms. The summed E-state index contributed by atoms with van der Waals surface area (Å²) in [5.41, 5.74) is 4.23. The van der Waals surface area contributed by atoms with Gasteiger partial charge in [0.25, 0.3) is 11.1 Å². The zero-order valence-electron chi connectivity index (χ0n) is 16.0. The number of benzene rings is 1. The van der Waals surface area contributed by atoms with Crippen LogP contribution in [-0.4, -0.2) is 38.2 Å². The number of nitrogens with one attached hydrogen (secondary N) is 2. The number of anilines is 1. The van der Waals surface area contributed by atoms with Gasteiger partial charge in [0.15, 0.2) is 5.75 Å². The zero-order chi connectivity index (χ0) is 22.3. The smallest absolute Gasteiger partial charge is 0.349 e. The Kier molecular flexibility index (Phi) is 5.56. The molecule has 1 aliphatic carbocycles. The highest BCUT2D eigenvalue weighted by atomic mass is 35.5. The van der Waals surface area contributed by atoms with Crippen molar-refractivity contribution in [1.29, 1.82) is 0 Å². The Morgan fingerprint density at radius 1 is 1.13 bits per heavy atom. The van der Waals surface area contributed by atoms with Crippen molar-refractivity contribution in [3.05, 3.63) is 65.0 Å². The lowest BCUT2D eigenvalue weighted by Crippen LogP contribution is -2.33. The minimum absolute atomic E-state index is 0.0380. The summed E-state index contributed by atoms with van der Waals surface area (Å²) >= 11 is 12.6. The first-order chi connectivity index (χ1) is 14.8. The third-order valence-electron chi connectivity index (χ3n) is 4.96. The molecule has 1 saturated carbocycles. The second kappa shape index (κ2) is 8.17. The number of methoxy groups -OCH3 is 1. The van der Waals surface area contributed by atoms with E-state index in [1.54, 1.807) is 7.11 Å². The molecule has 0 amide bonds. The fourth-order valence-corrected chi connectivity index (χ4v) is 3.78. The lowest BCUT2D eigenvalue weighted by atomic mass is 9.78. The molecule has 0 saturated heterocycles. The van der Waals surface area contributed by atoms with E-state index in [9.17, 15) is 14.4 Å². The first kappa shape index (κ1) is 21.1. The average molecular weight is 467 g/mol. The van der Waals surface area contributed by atoms with Crippen molar-refractivity contribution in [3.8, 4) is 17.3 Å². The first-order valence-electron chi connectivity index (χ1n) is 9.05. The van der Waals surface area contributed by atoms with Crippen molar-refractivity contribution in [2.45, 2.75) is 24.9 Å². The van der Waals surface area contributed by atoms with Gasteiger partial charge in [-0.15, -0.1) is 10.2 Å². The highest BCUT2D eigenvalue weighted by Gasteiger charge is 2.32. The van der Waals surface area contributed by atoms with Gasteiger partial charge in [-0.2, -0.15) is 4.68 Å². The second-order valence-electron chi connectivity index (χ2n) is 6.91. The van der Waals surface area contributed by atoms with Gasteiger partial charge in [0.05, 0.1) is 21.8 Å². The van der Waals surface area contributed by atoms with Crippen LogP contribution in [0.4, 0.5) is 5.82 Å². The molecular formula is C18H16Cl2N6O5. The summed E-state index contributed by atoms with van der Waals surface area (Å²) in [6, 6.07) is 4.25. The van der Waals surface area contributed by atoms with Crippen LogP contribution >= 0.6 is 23.2 Å². The molecule has 2 aromatic heterocycles. The second-order valence-corrected chi connectivity index (χ2v) is 7.73. The van der Waals surface area contributed by atoms with Gasteiger partial charge in [-0.25, -0.2) is 9.89 Å². The van der Waals surface area contributed by atoms with Gasteiger partial charge in [-0.05, 0) is 30.9 Å². The molecule has 1 aliphatic rings. The lowest BCUT2D eigenvalue weighted by molar-refractivity contribution is 0.0253. The number of rotatable bonds is 5. The molecule has 4 rings (SSSR count). The number of H-pyrrole nitrogens is 2. The number of nitrogen functional groups attached to an aromatic ring is 1. The minimum atomic E-state index is -0.818. The molecule has 0 atom stereocenters. The number of aromatic amines is 2. The summed E-state index contributed by atoms with van der Waals surface area (Å²) in [4.78, 5) is 37.6. The van der Waals surface area contributed by atoms with E-state index in [1.807, 2.05) is 4.98 Å². The van der Waals surface area contributed by atoms with E-state index < -0.39 is 17.1 Å². The van der Waals surface area contributed by atoms with Crippen LogP contribution in [0.25, 0.3) is 5.69 Å². The van der Waals surface area contributed by atoms with Crippen molar-refractivity contribution in [3.63, 3.8) is 0 Å². The third-order valence-corrected chi connectivity index (χ3v) is 5.53. The standard InChI is InChI=1S/C18H16Cl2N6O5/c1-30-9-2-7(3-9)10-6-13(23-24-16(10)27)31-14-11(19)4-8(5-12(14)20)26-18(29)22-17(28)15(21)25-26/h4-7,9H,2-3H2,1H3,(H2,21,25)(H,24,27)(H,22,28,29). The van der Waals surface area contributed by atoms with Gasteiger partial charge in [-0.1, -0.05) is 23.2 Å². The van der Waals surface area contributed by atoms with Crippen molar-refractivity contribution < 1.29 is 9.47 Å². The van der Waals surface area contributed by atoms with E-state index in [0.717, 1.165) is 17.5 Å². The normalized spacial score (nSPS) is 17.9. The maximum Gasteiger partial charge on any atom is 0.349 e. The Morgan fingerprint density at radius 3 is 2.45 bits per heavy atom. The molecule has 31 heavy (non-hydrogen) atoms. The van der Waals surface area contributed by atoms with Gasteiger partial charge in [0.1, 0.15) is 0 Å². The largest absolute Gasteiger partial charge is 0.434 e. The number of aromatic nitrogens is 5. The fraction of sp³-hybridized carbons (Fsp3) is 0.278. The number of halogens is 2. The maximum atomic E-state index is 12.1. The van der Waals surface area contributed by atoms with Crippen LogP contribution in [0, 0.1) is 0 Å². The molecule has 4 N–H and O–H groups in total. The molecule has 0 aliphatic heterocycles. The lowest BCUT2D eigenvalue weighted by Gasteiger charge is -2.33. The molecular weight excluding hydrogens is 451 g/mol. The molecule has 162 valence electrons. The van der Waals surface area contributed by atoms with Gasteiger partial charge in [0.2, 0.25) is 11.7 Å². The van der Waals surface area contributed by atoms with Crippen LogP contribution < -0.4 is 27.3 Å². The number of nitrogens with zero attached hydrogens (tertiary/aromatic N) is 3. The van der Waals surface area contributed by atoms with E-state index in [0.29, 0.717) is 5.56 Å². The Bertz CT molecular complexity index is 1300. The van der Waals surface area contributed by atoms with Crippen LogP contribution in [0.5, 0.6) is 11.6 Å². The van der Waals surface area contributed by atoms with Crippen molar-refractivity contribution in [2.75, 3.05) is 12.8 Å². The Balaban J connectivity index is 1.65. The number of hydrogen-bond acceptors (Lipinski definition) is 8. The molecule has 3 aromatic rings. The number of nitrogens with two attached hydrogens (primary N) is 1. The van der Waals surface area contributed by atoms with Crippen LogP contribution in [-0.2, 0) is 4.74 Å². The van der Waals surface area contributed by atoms with E-state index >= 15 is 0 Å². The van der Waals surface area contributed by atoms with E-state index in [2.05, 4.69) is 15.3 Å². The number of hydrogen-bond donors (Lipinski definition) is 3. The van der Waals surface area contributed by atoms with Crippen LogP contribution in [0.1, 0.15) is 24.3 Å². The van der Waals surface area contributed by atoms with Crippen LogP contribution in [0.3, 0.4) is 0 Å². The van der Waals surface area contributed by atoms with Gasteiger partial charge in [0, 0.05) is 18.7 Å². The Morgan fingerprint density at radius 2 is 1.81 bits per heavy atom. The van der Waals surface area contributed by atoms with Gasteiger partial charge >= 0.3 is 5.69 Å². The quantitative estimate of drug-likeness (QED) is 0.510. The van der Waals surface area contributed by atoms with E-state index in [4.69, 9.17) is 38.4 Å². The van der Waals surface area contributed by atoms with E-state index in [-0.39, 0.29) is 44.9 Å². The molecule has 1 aromatic carbocycles. The maximum absolute atomic E-state index is 12.1. The molecule has 2 heterocycles. The molecule has 0 radical (unpaired) electrons. The monoisotopic (exact) mass is 466 g/mol. The predicted octanol–water partition coefficient (Wildman–Crippen LogP) is 1.58. The molecule has 11 nitrogen and oxygen atoms in total. The summed E-state index contributed by atoms with van der Waals surface area (Å²) in [7, 11) is 1.63. The highest BCUT2D eigenvalue weighted by molar-refractivity contribution is 6.37. The summed E-state index contributed by atoms with van der Waals surface area (Å²) < 4.78 is 11.8. The molecule has 1 fully saturated rings. The summed E-state index contributed by atoms with van der Waals surface area (Å²) in [5, 5.41) is 10.1. The fourth-order valence-electron chi connectivity index (χ4n) is 3.23. The van der Waals surface area contributed by atoms with Crippen molar-refractivity contribution in [1.82, 2.24) is 25.0 Å². The summed E-state index contributed by atoms with van der Waals surface area (Å²) in [5.74, 6) is -0.207. The van der Waals surface area contributed by atoms with Gasteiger partial charge < -0.3 is 15.2 Å². The van der Waals surface area contributed by atoms with Crippen molar-refractivity contribution in [2.24, 2.45) is 0 Å². The van der Waals surface area contributed by atoms with Crippen LogP contribution in [0.2, 0.25) is 10.0 Å². The third kappa shape index (κ3) is 4.07. The highest BCUT2D eigenvalue weighted by Crippen LogP contribution is 2.40. The summed E-state index contributed by atoms with van der Waals surface area (Å²) in [6.07, 6.45) is 1.57. The predicted molar refractivity (Wildman–Crippen MR) is 113 cm³/mol. The number of ether oxygens (including phenoxy) is 2. The van der Waals surface area contributed by atoms with E-state index in [1.165, 1.54) is 18.2 Å². The minimum Gasteiger partial charge on any atom is -0.434 e. The SMILES string of the molecule is COC1CC(c2cc(Oc3c(Cl)cc(-n4nc(N)c(=O)[nH]c4=O)cc3Cl)n[nH]c2=O)C1. The zero-order valence-corrected chi connectivity index (χ0v) is 17.5. The molecule has 0 bridgehead atoms. The summed E-state index contributed by atoms with van der Waals surface area (Å²) in [6.45, 7) is 0. The first-order valence-corrected chi connectivity index (χ1v) is 9.81. The van der Waals surface area contributed by atoms with Crippen LogP contribution in [0.15, 0.2) is 32.6 Å². The average Bonchev–Trinajstić information content (AvgIpc) is 2.68. The van der Waals surface area contributed by atoms with Gasteiger partial charge in [-0.3, -0.25) is 14.6 Å². The molecule has 0 unspecified atom stereocenters. The topological polar surface area (TPSA) is 158 Å². The van der Waals surface area contributed by atoms with Crippen molar-refractivity contribution >= 4 is 29.0 Å². The Labute approximate surface area is 183 Å². The Hall–Kier alpha value is -3.15.